The summed E-state index contributed by atoms with van der Waals surface area (Å²) in [7, 11) is 1.39. The molecule has 1 N–H and O–H groups in total. The highest BCUT2D eigenvalue weighted by atomic mass is 35.5. The average molecular weight is 516 g/mol. The van der Waals surface area contributed by atoms with E-state index in [9.17, 15) is 9.59 Å². The summed E-state index contributed by atoms with van der Waals surface area (Å²) in [6, 6.07) is 7.94. The molecule has 2 aromatic heterocycles. The third kappa shape index (κ3) is 6.59. The standard InChI is InChI=1S/C23H30N4O3S.2ClH/c1-30-22(29)25-19(20-5-3-15-31-20)6-11-26-12-7-23(8-13-26)9-14-27(21(23)28)17-18-4-2-10-24-16-18;;/h2-5,10,15-16,19H,6-9,11-14,17H2,1H3,(H,25,29);2*1H. The molecule has 1 spiro atoms. The van der Waals surface area contributed by atoms with Crippen molar-refractivity contribution >= 4 is 48.2 Å². The molecule has 1 atom stereocenters. The summed E-state index contributed by atoms with van der Waals surface area (Å²) in [5.74, 6) is 0.305. The normalized spacial score (nSPS) is 18.3. The number of aromatic nitrogens is 1. The maximum atomic E-state index is 13.2. The van der Waals surface area contributed by atoms with Gasteiger partial charge in [-0.25, -0.2) is 4.79 Å². The molecule has 2 aliphatic heterocycles. The van der Waals surface area contributed by atoms with Crippen molar-refractivity contribution in [3.63, 3.8) is 0 Å². The summed E-state index contributed by atoms with van der Waals surface area (Å²) in [6.45, 7) is 4.21. The van der Waals surface area contributed by atoms with Gasteiger partial charge in [0.1, 0.15) is 0 Å². The van der Waals surface area contributed by atoms with Gasteiger partial charge in [-0.2, -0.15) is 0 Å². The highest BCUT2D eigenvalue weighted by molar-refractivity contribution is 7.10. The number of pyridine rings is 1. The van der Waals surface area contributed by atoms with Gasteiger partial charge in [0.2, 0.25) is 5.91 Å². The van der Waals surface area contributed by atoms with Crippen molar-refractivity contribution in [1.29, 1.82) is 0 Å². The number of thiophene rings is 1. The fraction of sp³-hybridized carbons (Fsp3) is 0.522. The summed E-state index contributed by atoms with van der Waals surface area (Å²) in [4.78, 5) is 34.7. The van der Waals surface area contributed by atoms with Crippen LogP contribution in [0.4, 0.5) is 4.79 Å². The van der Waals surface area contributed by atoms with Gasteiger partial charge in [0.15, 0.2) is 0 Å². The van der Waals surface area contributed by atoms with Crippen LogP contribution in [-0.2, 0) is 16.1 Å². The second-order valence-electron chi connectivity index (χ2n) is 8.45. The minimum absolute atomic E-state index is 0. The van der Waals surface area contributed by atoms with Gasteiger partial charge in [-0.3, -0.25) is 9.78 Å². The van der Waals surface area contributed by atoms with Crippen molar-refractivity contribution in [3.8, 4) is 0 Å². The van der Waals surface area contributed by atoms with E-state index < -0.39 is 6.09 Å². The first kappa shape index (κ1) is 27.4. The Balaban J connectivity index is 0.00000193. The molecule has 0 bridgehead atoms. The lowest BCUT2D eigenvalue weighted by Gasteiger charge is -2.38. The van der Waals surface area contributed by atoms with Crippen LogP contribution in [-0.4, -0.2) is 60.1 Å². The van der Waals surface area contributed by atoms with Crippen LogP contribution in [0.15, 0.2) is 42.0 Å². The molecule has 33 heavy (non-hydrogen) atoms. The Hall–Kier alpha value is -1.87. The van der Waals surface area contributed by atoms with E-state index in [0.717, 1.165) is 62.3 Å². The van der Waals surface area contributed by atoms with Crippen molar-refractivity contribution in [1.82, 2.24) is 20.1 Å². The first-order valence-corrected chi connectivity index (χ1v) is 11.8. The molecule has 2 amide bonds. The summed E-state index contributed by atoms with van der Waals surface area (Å²) in [6.07, 6.45) is 6.78. The largest absolute Gasteiger partial charge is 0.453 e. The number of nitrogens with one attached hydrogen (secondary N) is 1. The number of methoxy groups -OCH3 is 1. The number of halogens is 2. The molecular formula is C23H32Cl2N4O3S. The van der Waals surface area contributed by atoms with Gasteiger partial charge >= 0.3 is 6.09 Å². The molecular weight excluding hydrogens is 483 g/mol. The summed E-state index contributed by atoms with van der Waals surface area (Å²) >= 11 is 1.64. The molecule has 4 heterocycles. The lowest BCUT2D eigenvalue weighted by atomic mass is 9.77. The van der Waals surface area contributed by atoms with Gasteiger partial charge in [-0.1, -0.05) is 12.1 Å². The predicted octanol–water partition coefficient (Wildman–Crippen LogP) is 4.29. The molecule has 2 aliphatic rings. The fourth-order valence-corrected chi connectivity index (χ4v) is 5.52. The number of alkyl carbamates (subject to hydrolysis) is 1. The van der Waals surface area contributed by atoms with Crippen LogP contribution in [0.1, 0.15) is 42.2 Å². The maximum Gasteiger partial charge on any atom is 0.407 e. The van der Waals surface area contributed by atoms with Crippen LogP contribution in [0, 0.1) is 5.41 Å². The Bertz CT molecular complexity index is 877. The van der Waals surface area contributed by atoms with Crippen LogP contribution in [0.5, 0.6) is 0 Å². The molecule has 182 valence electrons. The van der Waals surface area contributed by atoms with E-state index in [1.54, 1.807) is 17.5 Å². The molecule has 7 nitrogen and oxygen atoms in total. The SMILES string of the molecule is COC(=O)NC(CCN1CCC2(CC1)CCN(Cc1cccnc1)C2=O)c1cccs1.Cl.Cl. The number of rotatable bonds is 7. The third-order valence-corrected chi connectivity index (χ3v) is 7.59. The van der Waals surface area contributed by atoms with Crippen molar-refractivity contribution in [2.75, 3.05) is 33.3 Å². The number of likely N-dealkylation sites (tertiary alicyclic amines) is 2. The van der Waals surface area contributed by atoms with E-state index in [2.05, 4.69) is 15.2 Å². The van der Waals surface area contributed by atoms with Crippen LogP contribution in [0.2, 0.25) is 0 Å². The molecule has 2 fully saturated rings. The van der Waals surface area contributed by atoms with Crippen LogP contribution in [0.25, 0.3) is 0 Å². The van der Waals surface area contributed by atoms with Gasteiger partial charge in [0.25, 0.3) is 0 Å². The molecule has 0 aromatic carbocycles. The topological polar surface area (TPSA) is 74.8 Å². The molecule has 10 heteroatoms. The van der Waals surface area contributed by atoms with Gasteiger partial charge in [0.05, 0.1) is 18.6 Å². The van der Waals surface area contributed by atoms with E-state index in [1.165, 1.54) is 7.11 Å². The van der Waals surface area contributed by atoms with Crippen molar-refractivity contribution < 1.29 is 14.3 Å². The number of carbonyl (C=O) groups excluding carboxylic acids is 2. The molecule has 1 unspecified atom stereocenters. The number of hydrogen-bond donors (Lipinski definition) is 1. The predicted molar refractivity (Wildman–Crippen MR) is 134 cm³/mol. The highest BCUT2D eigenvalue weighted by Gasteiger charge is 2.47. The molecule has 4 rings (SSSR count). The first-order valence-electron chi connectivity index (χ1n) is 10.9. The molecule has 2 aromatic rings. The monoisotopic (exact) mass is 514 g/mol. The molecule has 0 radical (unpaired) electrons. The van der Waals surface area contributed by atoms with Gasteiger partial charge in [-0.15, -0.1) is 36.2 Å². The minimum atomic E-state index is -0.402. The number of nitrogens with zero attached hydrogens (tertiary/aromatic N) is 3. The summed E-state index contributed by atoms with van der Waals surface area (Å²) in [5, 5.41) is 4.97. The van der Waals surface area contributed by atoms with Crippen LogP contribution in [0.3, 0.4) is 0 Å². The Labute approximate surface area is 211 Å². The average Bonchev–Trinajstić information content (AvgIpc) is 3.44. The van der Waals surface area contributed by atoms with Crippen molar-refractivity contribution in [2.24, 2.45) is 5.41 Å². The van der Waals surface area contributed by atoms with Crippen molar-refractivity contribution in [3.05, 3.63) is 52.5 Å². The second kappa shape index (κ2) is 12.6. The lowest BCUT2D eigenvalue weighted by Crippen LogP contribution is -2.45. The Morgan fingerprint density at radius 3 is 2.61 bits per heavy atom. The minimum Gasteiger partial charge on any atom is -0.453 e. The van der Waals surface area contributed by atoms with E-state index in [0.29, 0.717) is 12.5 Å². The van der Waals surface area contributed by atoms with Gasteiger partial charge < -0.3 is 19.9 Å². The Kier molecular flexibility index (Phi) is 10.4. The van der Waals surface area contributed by atoms with Gasteiger partial charge in [-0.05, 0) is 61.8 Å². The van der Waals surface area contributed by atoms with E-state index in [-0.39, 0.29) is 36.3 Å². The highest BCUT2D eigenvalue weighted by Crippen LogP contribution is 2.42. The maximum absolute atomic E-state index is 13.2. The van der Waals surface area contributed by atoms with Crippen LogP contribution >= 0.6 is 36.2 Å². The smallest absolute Gasteiger partial charge is 0.407 e. The third-order valence-electron chi connectivity index (χ3n) is 6.61. The number of piperidine rings is 1. The van der Waals surface area contributed by atoms with E-state index in [4.69, 9.17) is 4.74 Å². The zero-order valence-electron chi connectivity index (χ0n) is 18.8. The van der Waals surface area contributed by atoms with Gasteiger partial charge in [0, 0.05) is 36.9 Å². The zero-order valence-corrected chi connectivity index (χ0v) is 21.2. The second-order valence-corrected chi connectivity index (χ2v) is 9.43. The fourth-order valence-electron chi connectivity index (χ4n) is 4.71. The number of hydrogen-bond acceptors (Lipinski definition) is 6. The van der Waals surface area contributed by atoms with Crippen LogP contribution < -0.4 is 5.32 Å². The van der Waals surface area contributed by atoms with E-state index >= 15 is 0 Å². The molecule has 0 saturated carbocycles. The quantitative estimate of drug-likeness (QED) is 0.596. The summed E-state index contributed by atoms with van der Waals surface area (Å²) < 4.78 is 4.79. The Morgan fingerprint density at radius 2 is 1.97 bits per heavy atom. The molecule has 2 saturated heterocycles. The van der Waals surface area contributed by atoms with Crippen molar-refractivity contribution in [2.45, 2.75) is 38.3 Å². The van der Waals surface area contributed by atoms with E-state index in [1.807, 2.05) is 40.7 Å². The zero-order chi connectivity index (χ0) is 21.7. The molecule has 0 aliphatic carbocycles. The Morgan fingerprint density at radius 1 is 1.21 bits per heavy atom. The summed E-state index contributed by atoms with van der Waals surface area (Å²) in [5.41, 5.74) is 0.888. The number of amides is 2. The number of carbonyl (C=O) groups is 2. The number of ether oxygens (including phenoxy) is 1. The lowest BCUT2D eigenvalue weighted by molar-refractivity contribution is -0.138. The first-order chi connectivity index (χ1) is 15.1.